The van der Waals surface area contributed by atoms with Crippen LogP contribution in [0.1, 0.15) is 20.8 Å². The highest BCUT2D eigenvalue weighted by atomic mass is 32.2. The zero-order valence-electron chi connectivity index (χ0n) is 14.3. The largest absolute Gasteiger partial charge is 0.491 e. The van der Waals surface area contributed by atoms with Gasteiger partial charge in [-0.1, -0.05) is 0 Å². The molecular formula is C16H25N3O4S. The number of piperazine rings is 1. The highest BCUT2D eigenvalue weighted by Crippen LogP contribution is 2.18. The Morgan fingerprint density at radius 1 is 1.38 bits per heavy atom. The van der Waals surface area contributed by atoms with Gasteiger partial charge in [-0.2, -0.15) is 0 Å². The first-order chi connectivity index (χ1) is 11.3. The summed E-state index contributed by atoms with van der Waals surface area (Å²) >= 11 is 0. The Bertz CT molecular complexity index is 658. The standard InChI is InChI=1S/C16H25N3O4S/c1-12(2)23-15-6-4-14(5-7-15)18-24(21,22)11-16(20)19-9-8-17-10-13(19)3/h4-7,12-13,17-18H,8-11H2,1-3H3/t13-/m0/s1. The average Bonchev–Trinajstić information content (AvgIpc) is 2.48. The van der Waals surface area contributed by atoms with E-state index in [2.05, 4.69) is 10.0 Å². The molecule has 134 valence electrons. The van der Waals surface area contributed by atoms with E-state index in [4.69, 9.17) is 4.74 Å². The van der Waals surface area contributed by atoms with Crippen LogP contribution in [0.25, 0.3) is 0 Å². The van der Waals surface area contributed by atoms with Crippen molar-refractivity contribution in [3.8, 4) is 5.75 Å². The molecule has 7 nitrogen and oxygen atoms in total. The Morgan fingerprint density at radius 2 is 2.04 bits per heavy atom. The number of nitrogens with one attached hydrogen (secondary N) is 2. The Balaban J connectivity index is 1.96. The SMILES string of the molecule is CC(C)Oc1ccc(NS(=O)(=O)CC(=O)N2CCNC[C@@H]2C)cc1. The lowest BCUT2D eigenvalue weighted by molar-refractivity contribution is -0.131. The molecule has 1 atom stereocenters. The van der Waals surface area contributed by atoms with Gasteiger partial charge in [-0.3, -0.25) is 9.52 Å². The third-order valence-electron chi connectivity index (χ3n) is 3.63. The minimum atomic E-state index is -3.74. The van der Waals surface area contributed by atoms with Gasteiger partial charge < -0.3 is 15.0 Å². The predicted molar refractivity (Wildman–Crippen MR) is 93.7 cm³/mol. The van der Waals surface area contributed by atoms with Crippen molar-refractivity contribution in [1.29, 1.82) is 0 Å². The van der Waals surface area contributed by atoms with Crippen molar-refractivity contribution in [2.75, 3.05) is 30.1 Å². The van der Waals surface area contributed by atoms with Crippen molar-refractivity contribution in [3.05, 3.63) is 24.3 Å². The van der Waals surface area contributed by atoms with E-state index < -0.39 is 15.8 Å². The van der Waals surface area contributed by atoms with Crippen LogP contribution in [0, 0.1) is 0 Å². The summed E-state index contributed by atoms with van der Waals surface area (Å²) in [6.07, 6.45) is 0.0474. The maximum atomic E-state index is 12.2. The molecule has 24 heavy (non-hydrogen) atoms. The lowest BCUT2D eigenvalue weighted by Gasteiger charge is -2.33. The van der Waals surface area contributed by atoms with E-state index in [1.165, 1.54) is 0 Å². The molecule has 0 unspecified atom stereocenters. The minimum absolute atomic E-state index is 0.00563. The molecule has 1 aromatic rings. The van der Waals surface area contributed by atoms with Crippen LogP contribution in [-0.4, -0.2) is 56.8 Å². The van der Waals surface area contributed by atoms with Crippen molar-refractivity contribution in [2.24, 2.45) is 0 Å². The molecular weight excluding hydrogens is 330 g/mol. The Hall–Kier alpha value is -1.80. The molecule has 1 heterocycles. The summed E-state index contributed by atoms with van der Waals surface area (Å²) in [7, 11) is -3.74. The van der Waals surface area contributed by atoms with E-state index >= 15 is 0 Å². The molecule has 2 rings (SSSR count). The fourth-order valence-electron chi connectivity index (χ4n) is 2.55. The van der Waals surface area contributed by atoms with Crippen LogP contribution in [0.15, 0.2) is 24.3 Å². The van der Waals surface area contributed by atoms with Crippen LogP contribution in [0.3, 0.4) is 0 Å². The molecule has 0 bridgehead atoms. The third-order valence-corrected chi connectivity index (χ3v) is 4.81. The van der Waals surface area contributed by atoms with Gasteiger partial charge in [0.15, 0.2) is 0 Å². The van der Waals surface area contributed by atoms with Gasteiger partial charge in [0.25, 0.3) is 0 Å². The number of carbonyl (C=O) groups is 1. The number of hydrogen-bond donors (Lipinski definition) is 2. The average molecular weight is 355 g/mol. The van der Waals surface area contributed by atoms with Gasteiger partial charge in [0, 0.05) is 31.4 Å². The highest BCUT2D eigenvalue weighted by Gasteiger charge is 2.27. The summed E-state index contributed by atoms with van der Waals surface area (Å²) in [5.74, 6) is -0.267. The third kappa shape index (κ3) is 5.38. The van der Waals surface area contributed by atoms with Gasteiger partial charge in [-0.25, -0.2) is 8.42 Å². The summed E-state index contributed by atoms with van der Waals surface area (Å²) in [6.45, 7) is 7.62. The van der Waals surface area contributed by atoms with Crippen molar-refractivity contribution in [1.82, 2.24) is 10.2 Å². The number of sulfonamides is 1. The van der Waals surface area contributed by atoms with Gasteiger partial charge in [0.05, 0.1) is 6.10 Å². The number of rotatable bonds is 6. The number of benzene rings is 1. The lowest BCUT2D eigenvalue weighted by Crippen LogP contribution is -2.53. The van der Waals surface area contributed by atoms with E-state index in [0.717, 1.165) is 0 Å². The van der Waals surface area contributed by atoms with Crippen molar-refractivity contribution in [2.45, 2.75) is 32.9 Å². The summed E-state index contributed by atoms with van der Waals surface area (Å²) in [5, 5.41) is 3.17. The molecule has 8 heteroatoms. The zero-order valence-corrected chi connectivity index (χ0v) is 15.1. The number of ether oxygens (including phenoxy) is 1. The van der Waals surface area contributed by atoms with Crippen LogP contribution in [0.5, 0.6) is 5.75 Å². The Morgan fingerprint density at radius 3 is 2.62 bits per heavy atom. The first kappa shape index (κ1) is 18.5. The quantitative estimate of drug-likeness (QED) is 0.796. The second-order valence-electron chi connectivity index (χ2n) is 6.19. The molecule has 0 radical (unpaired) electrons. The Labute approximate surface area is 143 Å². The number of anilines is 1. The van der Waals surface area contributed by atoms with E-state index in [0.29, 0.717) is 31.1 Å². The van der Waals surface area contributed by atoms with E-state index in [1.807, 2.05) is 20.8 Å². The summed E-state index contributed by atoms with van der Waals surface area (Å²) in [5.41, 5.74) is 0.410. The van der Waals surface area contributed by atoms with E-state index in [-0.39, 0.29) is 18.1 Å². The van der Waals surface area contributed by atoms with Crippen molar-refractivity contribution < 1.29 is 17.9 Å². The number of nitrogens with zero attached hydrogens (tertiary/aromatic N) is 1. The zero-order chi connectivity index (χ0) is 17.7. The molecule has 1 fully saturated rings. The number of amides is 1. The molecule has 0 saturated carbocycles. The normalized spacial score (nSPS) is 18.5. The first-order valence-corrected chi connectivity index (χ1v) is 9.69. The molecule has 1 aromatic carbocycles. The second kappa shape index (κ2) is 7.85. The highest BCUT2D eigenvalue weighted by molar-refractivity contribution is 7.93. The van der Waals surface area contributed by atoms with Gasteiger partial charge >= 0.3 is 0 Å². The van der Waals surface area contributed by atoms with Crippen LogP contribution >= 0.6 is 0 Å². The molecule has 0 aromatic heterocycles. The fourth-order valence-corrected chi connectivity index (χ4v) is 3.60. The van der Waals surface area contributed by atoms with Crippen LogP contribution < -0.4 is 14.8 Å². The van der Waals surface area contributed by atoms with Crippen LogP contribution in [0.4, 0.5) is 5.69 Å². The number of hydrogen-bond acceptors (Lipinski definition) is 5. The molecule has 0 aliphatic carbocycles. The van der Waals surface area contributed by atoms with Crippen LogP contribution in [-0.2, 0) is 14.8 Å². The molecule has 1 aliphatic rings. The van der Waals surface area contributed by atoms with Gasteiger partial charge in [-0.05, 0) is 45.0 Å². The molecule has 1 saturated heterocycles. The summed E-state index contributed by atoms with van der Waals surface area (Å²) < 4.78 is 32.4. The predicted octanol–water partition coefficient (Wildman–Crippen LogP) is 1.04. The van der Waals surface area contributed by atoms with Gasteiger partial charge in [-0.15, -0.1) is 0 Å². The topological polar surface area (TPSA) is 87.7 Å². The molecule has 1 aliphatic heterocycles. The Kier molecular flexibility index (Phi) is 6.06. The molecule has 0 spiro atoms. The van der Waals surface area contributed by atoms with Crippen molar-refractivity contribution in [3.63, 3.8) is 0 Å². The summed E-state index contributed by atoms with van der Waals surface area (Å²) in [6, 6.07) is 6.62. The van der Waals surface area contributed by atoms with E-state index in [1.54, 1.807) is 29.2 Å². The maximum Gasteiger partial charge on any atom is 0.241 e. The second-order valence-corrected chi connectivity index (χ2v) is 7.91. The summed E-state index contributed by atoms with van der Waals surface area (Å²) in [4.78, 5) is 13.9. The monoisotopic (exact) mass is 355 g/mol. The van der Waals surface area contributed by atoms with Gasteiger partial charge in [0.2, 0.25) is 15.9 Å². The van der Waals surface area contributed by atoms with Crippen molar-refractivity contribution >= 4 is 21.6 Å². The van der Waals surface area contributed by atoms with Crippen LogP contribution in [0.2, 0.25) is 0 Å². The smallest absolute Gasteiger partial charge is 0.241 e. The van der Waals surface area contributed by atoms with Gasteiger partial charge in [0.1, 0.15) is 11.5 Å². The molecule has 2 N–H and O–H groups in total. The first-order valence-electron chi connectivity index (χ1n) is 8.04. The van der Waals surface area contributed by atoms with E-state index in [9.17, 15) is 13.2 Å². The maximum absolute atomic E-state index is 12.2. The lowest BCUT2D eigenvalue weighted by atomic mass is 10.2. The minimum Gasteiger partial charge on any atom is -0.491 e. The molecule has 1 amide bonds. The fraction of sp³-hybridized carbons (Fsp3) is 0.562. The number of carbonyl (C=O) groups excluding carboxylic acids is 1.